The molecule has 3 atom stereocenters. The Labute approximate surface area is 210 Å². The van der Waals surface area contributed by atoms with Gasteiger partial charge in [-0.05, 0) is 17.4 Å². The van der Waals surface area contributed by atoms with Crippen LogP contribution in [0.15, 0.2) is 37.2 Å². The molecule has 1 aliphatic rings. The van der Waals surface area contributed by atoms with Gasteiger partial charge in [-0.1, -0.05) is 32.4 Å². The molecule has 5 aromatic rings. The number of imidazole rings is 1. The van der Waals surface area contributed by atoms with Crippen molar-refractivity contribution in [2.75, 3.05) is 5.32 Å². The fourth-order valence-electron chi connectivity index (χ4n) is 5.22. The minimum atomic E-state index is -0.486. The van der Waals surface area contributed by atoms with Crippen LogP contribution in [0.1, 0.15) is 43.7 Å². The number of hydrogen-bond donors (Lipinski definition) is 2. The normalized spacial score (nSPS) is 19.5. The second kappa shape index (κ2) is 8.12. The van der Waals surface area contributed by atoms with Crippen molar-refractivity contribution in [3.63, 3.8) is 0 Å². The van der Waals surface area contributed by atoms with Gasteiger partial charge in [-0.3, -0.25) is 19.6 Å². The first-order valence-corrected chi connectivity index (χ1v) is 12.1. The van der Waals surface area contributed by atoms with Crippen LogP contribution < -0.4 is 5.32 Å². The Morgan fingerprint density at radius 2 is 2.03 bits per heavy atom. The van der Waals surface area contributed by atoms with Crippen LogP contribution >= 0.6 is 11.6 Å². The Kier molecular flexibility index (Phi) is 5.11. The predicted octanol–water partition coefficient (Wildman–Crippen LogP) is 4.91. The van der Waals surface area contributed by atoms with Gasteiger partial charge in [0.1, 0.15) is 5.82 Å². The Morgan fingerprint density at radius 3 is 2.75 bits per heavy atom. The number of carbonyl (C=O) groups is 1. The fraction of sp³-hybridized carbons (Fsp3) is 0.320. The molecular weight excluding hydrogens is 483 g/mol. The molecule has 1 aromatic carbocycles. The third kappa shape index (κ3) is 3.47. The van der Waals surface area contributed by atoms with Crippen LogP contribution in [0.25, 0.3) is 27.8 Å². The molecule has 1 saturated carbocycles. The summed E-state index contributed by atoms with van der Waals surface area (Å²) in [5, 5.41) is 14.9. The van der Waals surface area contributed by atoms with E-state index >= 15 is 4.39 Å². The van der Waals surface area contributed by atoms with Gasteiger partial charge in [-0.2, -0.15) is 10.2 Å². The number of halogens is 2. The van der Waals surface area contributed by atoms with Gasteiger partial charge in [0, 0.05) is 47.8 Å². The molecule has 184 valence electrons. The summed E-state index contributed by atoms with van der Waals surface area (Å²) in [4.78, 5) is 21.9. The summed E-state index contributed by atoms with van der Waals surface area (Å²) in [7, 11) is 1.86. The molecule has 36 heavy (non-hydrogen) atoms. The van der Waals surface area contributed by atoms with E-state index in [4.69, 9.17) is 11.6 Å². The van der Waals surface area contributed by atoms with Crippen LogP contribution in [0.4, 0.5) is 10.2 Å². The zero-order valence-corrected chi connectivity index (χ0v) is 20.9. The van der Waals surface area contributed by atoms with Crippen molar-refractivity contribution in [2.45, 2.75) is 32.6 Å². The number of hydrogen-bond acceptors (Lipinski definition) is 5. The summed E-state index contributed by atoms with van der Waals surface area (Å²) in [6.07, 6.45) is 10.4. The highest BCUT2D eigenvalue weighted by Gasteiger charge is 2.53. The molecule has 1 fully saturated rings. The van der Waals surface area contributed by atoms with Crippen molar-refractivity contribution in [3.8, 4) is 11.3 Å². The largest absolute Gasteiger partial charge is 0.309 e. The van der Waals surface area contributed by atoms with Crippen LogP contribution in [0, 0.1) is 17.7 Å². The standard InChI is InChI=1S/C25H24ClFN8O/c1-11(2)18-23(27)22(26)21(14-6-29-33-24(14)18)15-9-35-10-16(31-17(35)7-28-15)32-25(36)20-12(3)19(20)13-5-30-34(4)8-13/h5-12,19-20H,1-4H3,(H,29,33)(H,32,36). The van der Waals surface area contributed by atoms with Crippen molar-refractivity contribution in [2.24, 2.45) is 18.9 Å². The van der Waals surface area contributed by atoms with Gasteiger partial charge in [0.2, 0.25) is 5.91 Å². The van der Waals surface area contributed by atoms with Crippen molar-refractivity contribution in [1.82, 2.24) is 34.3 Å². The number of nitrogens with zero attached hydrogens (tertiary/aromatic N) is 6. The number of fused-ring (bicyclic) bond motifs is 2. The van der Waals surface area contributed by atoms with Gasteiger partial charge < -0.3 is 9.72 Å². The number of H-pyrrole nitrogens is 1. The number of rotatable bonds is 5. The molecule has 4 heterocycles. The molecule has 0 saturated heterocycles. The summed E-state index contributed by atoms with van der Waals surface area (Å²) in [6.45, 7) is 5.87. The van der Waals surface area contributed by atoms with Crippen LogP contribution in [-0.4, -0.2) is 40.3 Å². The number of aryl methyl sites for hydroxylation is 1. The lowest BCUT2D eigenvalue weighted by atomic mass is 9.96. The van der Waals surface area contributed by atoms with Gasteiger partial charge in [0.05, 0.1) is 41.0 Å². The van der Waals surface area contributed by atoms with Gasteiger partial charge in [-0.25, -0.2) is 9.37 Å². The number of benzene rings is 1. The first-order chi connectivity index (χ1) is 17.2. The number of aromatic nitrogens is 7. The van der Waals surface area contributed by atoms with Crippen LogP contribution in [0.5, 0.6) is 0 Å². The van der Waals surface area contributed by atoms with E-state index in [1.807, 2.05) is 33.3 Å². The third-order valence-electron chi connectivity index (χ3n) is 7.04. The second-order valence-electron chi connectivity index (χ2n) is 9.74. The van der Waals surface area contributed by atoms with Crippen molar-refractivity contribution in [3.05, 3.63) is 59.1 Å². The third-order valence-corrected chi connectivity index (χ3v) is 7.40. The quantitative estimate of drug-likeness (QED) is 0.352. The van der Waals surface area contributed by atoms with Crippen molar-refractivity contribution in [1.29, 1.82) is 0 Å². The summed E-state index contributed by atoms with van der Waals surface area (Å²) >= 11 is 6.51. The van der Waals surface area contributed by atoms with Crippen molar-refractivity contribution >= 4 is 39.9 Å². The van der Waals surface area contributed by atoms with Crippen LogP contribution in [0.3, 0.4) is 0 Å². The van der Waals surface area contributed by atoms with E-state index in [0.29, 0.717) is 39.2 Å². The van der Waals surface area contributed by atoms with Crippen LogP contribution in [-0.2, 0) is 11.8 Å². The van der Waals surface area contributed by atoms with Gasteiger partial charge in [0.15, 0.2) is 11.5 Å². The molecule has 0 aliphatic heterocycles. The van der Waals surface area contributed by atoms with Crippen LogP contribution in [0.2, 0.25) is 5.02 Å². The lowest BCUT2D eigenvalue weighted by Gasteiger charge is -2.14. The number of carbonyl (C=O) groups excluding carboxylic acids is 1. The van der Waals surface area contributed by atoms with Gasteiger partial charge in [0.25, 0.3) is 0 Å². The SMILES string of the molecule is CC(C)c1c(F)c(Cl)c(-c2cn3cc(NC(=O)C4C(C)C4c4cnn(C)c4)nc3cn2)c2cn[nH]c12. The highest BCUT2D eigenvalue weighted by molar-refractivity contribution is 6.35. The lowest BCUT2D eigenvalue weighted by molar-refractivity contribution is -0.117. The Balaban J connectivity index is 1.31. The number of aromatic amines is 1. The molecule has 1 aliphatic carbocycles. The highest BCUT2D eigenvalue weighted by Crippen LogP contribution is 2.54. The molecule has 3 unspecified atom stereocenters. The summed E-state index contributed by atoms with van der Waals surface area (Å²) in [5.74, 6) is 0.00638. The highest BCUT2D eigenvalue weighted by atomic mass is 35.5. The zero-order valence-electron chi connectivity index (χ0n) is 20.1. The van der Waals surface area contributed by atoms with E-state index in [-0.39, 0.29) is 34.6 Å². The zero-order chi connectivity index (χ0) is 25.3. The lowest BCUT2D eigenvalue weighted by Crippen LogP contribution is -2.15. The van der Waals surface area contributed by atoms with E-state index in [1.165, 1.54) is 0 Å². The molecular formula is C25H24ClFN8O. The first-order valence-electron chi connectivity index (χ1n) is 11.7. The van der Waals surface area contributed by atoms with Gasteiger partial charge in [-0.15, -0.1) is 0 Å². The van der Waals surface area contributed by atoms with E-state index in [0.717, 1.165) is 5.56 Å². The average molecular weight is 507 g/mol. The number of nitrogens with one attached hydrogen (secondary N) is 2. The smallest absolute Gasteiger partial charge is 0.229 e. The molecule has 9 nitrogen and oxygen atoms in total. The Hall–Kier alpha value is -3.79. The molecule has 0 bridgehead atoms. The van der Waals surface area contributed by atoms with E-state index in [9.17, 15) is 4.79 Å². The predicted molar refractivity (Wildman–Crippen MR) is 134 cm³/mol. The fourth-order valence-corrected chi connectivity index (χ4v) is 5.52. The van der Waals surface area contributed by atoms with Gasteiger partial charge >= 0.3 is 0 Å². The molecule has 1 amide bonds. The van der Waals surface area contributed by atoms with Crippen molar-refractivity contribution < 1.29 is 9.18 Å². The number of amides is 1. The Bertz CT molecular complexity index is 1650. The van der Waals surface area contributed by atoms with E-state index in [2.05, 4.69) is 37.5 Å². The summed E-state index contributed by atoms with van der Waals surface area (Å²) < 4.78 is 18.7. The maximum atomic E-state index is 15.3. The molecule has 0 radical (unpaired) electrons. The minimum absolute atomic E-state index is 0.00254. The second-order valence-corrected chi connectivity index (χ2v) is 10.1. The average Bonchev–Trinajstić information content (AvgIpc) is 3.24. The first kappa shape index (κ1) is 22.7. The van der Waals surface area contributed by atoms with E-state index < -0.39 is 5.82 Å². The monoisotopic (exact) mass is 506 g/mol. The Morgan fingerprint density at radius 1 is 1.22 bits per heavy atom. The minimum Gasteiger partial charge on any atom is -0.309 e. The molecule has 11 heteroatoms. The molecule has 0 spiro atoms. The van der Waals surface area contributed by atoms with E-state index in [1.54, 1.807) is 33.9 Å². The molecule has 2 N–H and O–H groups in total. The topological polar surface area (TPSA) is 106 Å². The summed E-state index contributed by atoms with van der Waals surface area (Å²) in [6, 6.07) is 0. The maximum Gasteiger partial charge on any atom is 0.229 e. The maximum absolute atomic E-state index is 15.3. The molecule has 6 rings (SSSR count). The number of anilines is 1. The summed E-state index contributed by atoms with van der Waals surface area (Å²) in [5.41, 5.74) is 3.62. The molecule has 4 aromatic heterocycles.